The van der Waals surface area contributed by atoms with Gasteiger partial charge in [-0.25, -0.2) is 0 Å². The van der Waals surface area contributed by atoms with E-state index < -0.39 is 6.04 Å². The summed E-state index contributed by atoms with van der Waals surface area (Å²) in [5.74, 6) is 0. The molecule has 0 saturated heterocycles. The highest BCUT2D eigenvalue weighted by Crippen LogP contribution is 2.29. The first-order valence-electron chi connectivity index (χ1n) is 2.03. The lowest BCUT2D eigenvalue weighted by atomic mass is 10.7. The van der Waals surface area contributed by atoms with Gasteiger partial charge in [-0.05, 0) is 0 Å². The Morgan fingerprint density at radius 1 is 2.00 bits per heavy atom. The van der Waals surface area contributed by atoms with Crippen molar-refractivity contribution in [1.29, 1.82) is 0 Å². The van der Waals surface area contributed by atoms with Crippen molar-refractivity contribution in [2.75, 3.05) is 0 Å². The number of nitrogens with zero attached hydrogens (tertiary/aromatic N) is 1. The van der Waals surface area contributed by atoms with Gasteiger partial charge in [-0.15, -0.1) is 0 Å². The Labute approximate surface area is 40.8 Å². The van der Waals surface area contributed by atoms with Crippen LogP contribution in [-0.2, 0) is 0 Å². The highest BCUT2D eigenvalue weighted by Gasteiger charge is 2.39. The molecule has 0 aromatic rings. The van der Waals surface area contributed by atoms with Gasteiger partial charge in [0, 0.05) is 16.9 Å². The smallest absolute Gasteiger partial charge is 0.238 e. The maximum atomic E-state index is 9.72. The first-order chi connectivity index (χ1) is 3.22. The van der Waals surface area contributed by atoms with E-state index in [-0.39, 0.29) is 4.92 Å². The van der Waals surface area contributed by atoms with E-state index in [1.54, 1.807) is 0 Å². The quantitative estimate of drug-likeness (QED) is 0.274. The van der Waals surface area contributed by atoms with Gasteiger partial charge in [-0.3, -0.25) is 10.1 Å². The van der Waals surface area contributed by atoms with Crippen LogP contribution in [0.2, 0.25) is 0 Å². The Morgan fingerprint density at radius 2 is 2.43 bits per heavy atom. The summed E-state index contributed by atoms with van der Waals surface area (Å²) < 4.78 is 0. The van der Waals surface area contributed by atoms with Crippen molar-refractivity contribution in [2.24, 2.45) is 0 Å². The van der Waals surface area contributed by atoms with Crippen molar-refractivity contribution in [3.8, 4) is 0 Å². The molecule has 1 unspecified atom stereocenters. The summed E-state index contributed by atoms with van der Waals surface area (Å²) in [5, 5.41) is 9.72. The fourth-order valence-corrected chi connectivity index (χ4v) is 0.413. The predicted molar refractivity (Wildman–Crippen MR) is 24.5 cm³/mol. The van der Waals surface area contributed by atoms with Gasteiger partial charge in [0.05, 0.1) is 0 Å². The van der Waals surface area contributed by atoms with E-state index in [0.29, 0.717) is 6.42 Å². The fraction of sp³-hybridized carbons (Fsp3) is 0.500. The van der Waals surface area contributed by atoms with E-state index in [1.165, 1.54) is 0 Å². The predicted octanol–water partition coefficient (Wildman–Crippen LogP) is 0.592. The van der Waals surface area contributed by atoms with E-state index in [0.717, 1.165) is 5.57 Å². The summed E-state index contributed by atoms with van der Waals surface area (Å²) in [6.07, 6.45) is 0.590. The molecule has 1 atom stereocenters. The van der Waals surface area contributed by atoms with Gasteiger partial charge in [-0.1, -0.05) is 6.58 Å². The molecule has 38 valence electrons. The van der Waals surface area contributed by atoms with Gasteiger partial charge in [-0.2, -0.15) is 0 Å². The van der Waals surface area contributed by atoms with Crippen LogP contribution in [0.15, 0.2) is 12.2 Å². The summed E-state index contributed by atoms with van der Waals surface area (Å²) >= 11 is 0. The molecule has 7 heavy (non-hydrogen) atoms. The standard InChI is InChI=1S/C4H5NO2/c1-3-2-4(3)5(6)7/h4H,1-2H2. The van der Waals surface area contributed by atoms with E-state index in [2.05, 4.69) is 6.58 Å². The monoisotopic (exact) mass is 99.0 g/mol. The van der Waals surface area contributed by atoms with E-state index in [4.69, 9.17) is 0 Å². The molecule has 0 bridgehead atoms. The molecule has 1 saturated carbocycles. The maximum absolute atomic E-state index is 9.72. The van der Waals surface area contributed by atoms with E-state index >= 15 is 0 Å². The van der Waals surface area contributed by atoms with Crippen LogP contribution in [0.5, 0.6) is 0 Å². The largest absolute Gasteiger partial charge is 0.264 e. The first-order valence-corrected chi connectivity index (χ1v) is 2.03. The normalized spacial score (nSPS) is 27.4. The minimum Gasteiger partial charge on any atom is -0.264 e. The second-order valence-electron chi connectivity index (χ2n) is 1.66. The summed E-state index contributed by atoms with van der Waals surface area (Å²) in [4.78, 5) is 9.41. The van der Waals surface area contributed by atoms with Crippen molar-refractivity contribution in [1.82, 2.24) is 0 Å². The molecule has 0 amide bonds. The summed E-state index contributed by atoms with van der Waals surface area (Å²) in [6, 6.07) is -0.403. The molecular formula is C4H5NO2. The lowest BCUT2D eigenvalue weighted by Crippen LogP contribution is -1.98. The maximum Gasteiger partial charge on any atom is 0.238 e. The molecule has 0 aromatic carbocycles. The lowest BCUT2D eigenvalue weighted by Gasteiger charge is -1.77. The van der Waals surface area contributed by atoms with Crippen LogP contribution >= 0.6 is 0 Å². The molecule has 0 radical (unpaired) electrons. The summed E-state index contributed by atoms with van der Waals surface area (Å²) in [7, 11) is 0. The molecule has 3 nitrogen and oxygen atoms in total. The minimum absolute atomic E-state index is 0.303. The molecule has 3 heteroatoms. The average Bonchev–Trinajstić information content (AvgIpc) is 2.17. The molecule has 1 aliphatic carbocycles. The average molecular weight is 99.1 g/mol. The third kappa shape index (κ3) is 0.607. The highest BCUT2D eigenvalue weighted by atomic mass is 16.6. The number of rotatable bonds is 1. The fourth-order valence-electron chi connectivity index (χ4n) is 0.413. The van der Waals surface area contributed by atoms with Crippen LogP contribution in [0.4, 0.5) is 0 Å². The molecule has 0 N–H and O–H groups in total. The summed E-state index contributed by atoms with van der Waals surface area (Å²) in [6.45, 7) is 3.43. The van der Waals surface area contributed by atoms with E-state index in [1.807, 2.05) is 0 Å². The minimum atomic E-state index is -0.403. The van der Waals surface area contributed by atoms with Gasteiger partial charge in [0.1, 0.15) is 0 Å². The zero-order valence-electron chi connectivity index (χ0n) is 3.76. The van der Waals surface area contributed by atoms with Crippen molar-refractivity contribution in [2.45, 2.75) is 12.5 Å². The van der Waals surface area contributed by atoms with Crippen LogP contribution < -0.4 is 0 Å². The molecule has 1 aliphatic rings. The summed E-state index contributed by atoms with van der Waals surface area (Å²) in [5.41, 5.74) is 0.755. The van der Waals surface area contributed by atoms with E-state index in [9.17, 15) is 10.1 Å². The Morgan fingerprint density at radius 3 is 2.43 bits per heavy atom. The first kappa shape index (κ1) is 4.30. The molecule has 1 rings (SSSR count). The highest BCUT2D eigenvalue weighted by molar-refractivity contribution is 5.20. The van der Waals surface area contributed by atoms with Gasteiger partial charge < -0.3 is 0 Å². The SMILES string of the molecule is C=C1CC1[N+](=O)[O-]. The third-order valence-electron chi connectivity index (χ3n) is 1.02. The molecule has 0 aromatic heterocycles. The van der Waals surface area contributed by atoms with Crippen LogP contribution in [0.25, 0.3) is 0 Å². The number of hydrogen-bond acceptors (Lipinski definition) is 2. The molecule has 0 heterocycles. The number of nitro groups is 1. The van der Waals surface area contributed by atoms with Crippen LogP contribution in [0.1, 0.15) is 6.42 Å². The molecular weight excluding hydrogens is 94.0 g/mol. The topological polar surface area (TPSA) is 43.1 Å². The Hall–Kier alpha value is -0.860. The van der Waals surface area contributed by atoms with Gasteiger partial charge in [0.15, 0.2) is 0 Å². The van der Waals surface area contributed by atoms with Crippen LogP contribution in [0, 0.1) is 10.1 Å². The third-order valence-corrected chi connectivity index (χ3v) is 1.02. The van der Waals surface area contributed by atoms with Gasteiger partial charge >= 0.3 is 0 Å². The van der Waals surface area contributed by atoms with Crippen LogP contribution in [-0.4, -0.2) is 11.0 Å². The van der Waals surface area contributed by atoms with Crippen molar-refractivity contribution in [3.05, 3.63) is 22.3 Å². The second-order valence-corrected chi connectivity index (χ2v) is 1.66. The Kier molecular flexibility index (Phi) is 0.648. The molecule has 0 aliphatic heterocycles. The van der Waals surface area contributed by atoms with Gasteiger partial charge in [0.25, 0.3) is 0 Å². The molecule has 1 fully saturated rings. The zero-order valence-corrected chi connectivity index (χ0v) is 3.76. The van der Waals surface area contributed by atoms with Gasteiger partial charge in [0.2, 0.25) is 6.04 Å². The number of hydrogen-bond donors (Lipinski definition) is 0. The lowest BCUT2D eigenvalue weighted by molar-refractivity contribution is -0.490. The Balaban J connectivity index is 2.48. The van der Waals surface area contributed by atoms with Crippen molar-refractivity contribution >= 4 is 0 Å². The molecule has 0 spiro atoms. The Bertz CT molecular complexity index is 130. The zero-order chi connectivity index (χ0) is 5.44. The second kappa shape index (κ2) is 1.05. The van der Waals surface area contributed by atoms with Crippen LogP contribution in [0.3, 0.4) is 0 Å². The van der Waals surface area contributed by atoms with Crippen molar-refractivity contribution < 1.29 is 4.92 Å². The van der Waals surface area contributed by atoms with Crippen molar-refractivity contribution in [3.63, 3.8) is 0 Å².